The molecule has 2 heterocycles. The Morgan fingerprint density at radius 3 is 2.95 bits per heavy atom. The molecule has 1 unspecified atom stereocenters. The van der Waals surface area contributed by atoms with Crippen LogP contribution in [-0.2, 0) is 4.79 Å². The molecule has 0 spiro atoms. The summed E-state index contributed by atoms with van der Waals surface area (Å²) in [5, 5.41) is 18.7. The molecule has 1 fully saturated rings. The molecule has 1 aliphatic heterocycles. The van der Waals surface area contributed by atoms with Crippen molar-refractivity contribution in [2.45, 2.75) is 33.1 Å². The van der Waals surface area contributed by atoms with E-state index in [-0.39, 0.29) is 0 Å². The van der Waals surface area contributed by atoms with Gasteiger partial charge >= 0.3 is 5.97 Å². The van der Waals surface area contributed by atoms with Crippen molar-refractivity contribution in [2.75, 3.05) is 18.0 Å². The molecule has 0 saturated carbocycles. The number of hydrogen-bond acceptors (Lipinski definition) is 4. The second-order valence-corrected chi connectivity index (χ2v) is 5.44. The Hall–Kier alpha value is -2.09. The molecule has 1 aromatic heterocycles. The molecule has 0 radical (unpaired) electrons. The summed E-state index contributed by atoms with van der Waals surface area (Å²) >= 11 is 0. The molecule has 0 amide bonds. The molecule has 1 N–H and O–H groups in total. The van der Waals surface area contributed by atoms with Gasteiger partial charge in [-0.15, -0.1) is 0 Å². The number of carboxylic acids is 1. The molecule has 5 heteroatoms. The number of aliphatic carboxylic acids is 1. The minimum absolute atomic E-state index is 0.432. The van der Waals surface area contributed by atoms with E-state index in [1.807, 2.05) is 18.7 Å². The highest BCUT2D eigenvalue weighted by Gasteiger charge is 2.44. The molecule has 1 atom stereocenters. The molecule has 2 rings (SSSR count). The summed E-state index contributed by atoms with van der Waals surface area (Å²) < 4.78 is 0. The Labute approximate surface area is 118 Å². The predicted molar refractivity (Wildman–Crippen MR) is 75.5 cm³/mol. The highest BCUT2D eigenvalue weighted by molar-refractivity contribution is 5.77. The Balaban J connectivity index is 2.31. The molecule has 106 valence electrons. The first kappa shape index (κ1) is 14.3. The van der Waals surface area contributed by atoms with E-state index in [9.17, 15) is 15.2 Å². The molecular formula is C15H19N3O2. The first-order valence-electron chi connectivity index (χ1n) is 6.88. The van der Waals surface area contributed by atoms with Crippen molar-refractivity contribution < 1.29 is 9.90 Å². The fourth-order valence-electron chi connectivity index (χ4n) is 2.89. The molecule has 1 aromatic rings. The molecule has 20 heavy (non-hydrogen) atoms. The van der Waals surface area contributed by atoms with Crippen LogP contribution in [0, 0.1) is 23.7 Å². The van der Waals surface area contributed by atoms with Gasteiger partial charge in [0, 0.05) is 18.8 Å². The lowest BCUT2D eigenvalue weighted by molar-refractivity contribution is -0.148. The van der Waals surface area contributed by atoms with Gasteiger partial charge in [-0.25, -0.2) is 4.98 Å². The topological polar surface area (TPSA) is 77.2 Å². The number of anilines is 1. The smallest absolute Gasteiger partial charge is 0.311 e. The Morgan fingerprint density at radius 2 is 2.35 bits per heavy atom. The van der Waals surface area contributed by atoms with E-state index in [0.29, 0.717) is 37.3 Å². The summed E-state index contributed by atoms with van der Waals surface area (Å²) in [7, 11) is 0. The van der Waals surface area contributed by atoms with Gasteiger partial charge in [0.05, 0.1) is 11.0 Å². The summed E-state index contributed by atoms with van der Waals surface area (Å²) in [6.07, 6.45) is 2.11. The van der Waals surface area contributed by atoms with Gasteiger partial charge in [0.1, 0.15) is 11.9 Å². The summed E-state index contributed by atoms with van der Waals surface area (Å²) in [4.78, 5) is 18.0. The van der Waals surface area contributed by atoms with Crippen molar-refractivity contribution >= 4 is 11.8 Å². The maximum absolute atomic E-state index is 11.6. The Kier molecular flexibility index (Phi) is 3.93. The summed E-state index contributed by atoms with van der Waals surface area (Å²) in [5.41, 5.74) is 0.642. The van der Waals surface area contributed by atoms with Crippen molar-refractivity contribution in [2.24, 2.45) is 5.41 Å². The predicted octanol–water partition coefficient (Wildman–Crippen LogP) is 2.34. The molecule has 0 aliphatic carbocycles. The first-order valence-corrected chi connectivity index (χ1v) is 6.88. The number of carboxylic acid groups (broad SMARTS) is 1. The first-order chi connectivity index (χ1) is 9.52. The SMILES string of the molecule is CCCC1(C(=O)O)CCN(c2nc(C)ccc2C#N)C1. The van der Waals surface area contributed by atoms with Gasteiger partial charge < -0.3 is 10.0 Å². The largest absolute Gasteiger partial charge is 0.481 e. The summed E-state index contributed by atoms with van der Waals surface area (Å²) in [5.74, 6) is -0.125. The maximum atomic E-state index is 11.6. The fourth-order valence-corrected chi connectivity index (χ4v) is 2.89. The highest BCUT2D eigenvalue weighted by Crippen LogP contribution is 2.38. The summed E-state index contributed by atoms with van der Waals surface area (Å²) in [6, 6.07) is 5.69. The van der Waals surface area contributed by atoms with Crippen LogP contribution in [0.1, 0.15) is 37.4 Å². The zero-order valence-corrected chi connectivity index (χ0v) is 11.9. The van der Waals surface area contributed by atoms with Crippen molar-refractivity contribution in [1.82, 2.24) is 4.98 Å². The number of pyridine rings is 1. The Bertz CT molecular complexity index is 565. The fraction of sp³-hybridized carbons (Fsp3) is 0.533. The monoisotopic (exact) mass is 273 g/mol. The second-order valence-electron chi connectivity index (χ2n) is 5.44. The highest BCUT2D eigenvalue weighted by atomic mass is 16.4. The lowest BCUT2D eigenvalue weighted by atomic mass is 9.83. The number of nitriles is 1. The van der Waals surface area contributed by atoms with Crippen LogP contribution < -0.4 is 4.90 Å². The second kappa shape index (κ2) is 5.49. The van der Waals surface area contributed by atoms with Gasteiger partial charge in [-0.2, -0.15) is 5.26 Å². The van der Waals surface area contributed by atoms with Crippen LogP contribution >= 0.6 is 0 Å². The minimum Gasteiger partial charge on any atom is -0.481 e. The van der Waals surface area contributed by atoms with E-state index in [4.69, 9.17) is 0 Å². The van der Waals surface area contributed by atoms with Crippen LogP contribution in [-0.4, -0.2) is 29.1 Å². The van der Waals surface area contributed by atoms with Crippen molar-refractivity contribution in [3.63, 3.8) is 0 Å². The van der Waals surface area contributed by atoms with Gasteiger partial charge in [0.2, 0.25) is 0 Å². The van der Waals surface area contributed by atoms with Gasteiger partial charge in [-0.1, -0.05) is 13.3 Å². The average Bonchev–Trinajstić information content (AvgIpc) is 2.85. The van der Waals surface area contributed by atoms with Crippen LogP contribution in [0.3, 0.4) is 0 Å². The van der Waals surface area contributed by atoms with Crippen LogP contribution in [0.2, 0.25) is 0 Å². The van der Waals surface area contributed by atoms with E-state index in [0.717, 1.165) is 12.1 Å². The van der Waals surface area contributed by atoms with Gasteiger partial charge in [-0.05, 0) is 31.9 Å². The standard InChI is InChI=1S/C15H19N3O2/c1-3-6-15(14(19)20)7-8-18(10-15)13-12(9-16)5-4-11(2)17-13/h4-5H,3,6-8,10H2,1-2H3,(H,19,20). The molecular weight excluding hydrogens is 254 g/mol. The van der Waals surface area contributed by atoms with Crippen molar-refractivity contribution in [3.05, 3.63) is 23.4 Å². The zero-order valence-electron chi connectivity index (χ0n) is 11.9. The van der Waals surface area contributed by atoms with Crippen LogP contribution in [0.15, 0.2) is 12.1 Å². The number of carbonyl (C=O) groups is 1. The normalized spacial score (nSPS) is 21.8. The molecule has 0 bridgehead atoms. The van der Waals surface area contributed by atoms with Crippen molar-refractivity contribution in [1.29, 1.82) is 5.26 Å². The lowest BCUT2D eigenvalue weighted by Crippen LogP contribution is -2.35. The molecule has 5 nitrogen and oxygen atoms in total. The van der Waals surface area contributed by atoms with Gasteiger partial charge in [-0.3, -0.25) is 4.79 Å². The van der Waals surface area contributed by atoms with E-state index in [2.05, 4.69) is 11.1 Å². The number of aromatic nitrogens is 1. The van der Waals surface area contributed by atoms with Gasteiger partial charge in [0.25, 0.3) is 0 Å². The van der Waals surface area contributed by atoms with Gasteiger partial charge in [0.15, 0.2) is 0 Å². The van der Waals surface area contributed by atoms with Crippen LogP contribution in [0.5, 0.6) is 0 Å². The van der Waals surface area contributed by atoms with E-state index >= 15 is 0 Å². The van der Waals surface area contributed by atoms with Crippen molar-refractivity contribution in [3.8, 4) is 6.07 Å². The molecule has 1 saturated heterocycles. The third-order valence-electron chi connectivity index (χ3n) is 3.97. The van der Waals surface area contributed by atoms with E-state index in [1.165, 1.54) is 0 Å². The molecule has 1 aliphatic rings. The third-order valence-corrected chi connectivity index (χ3v) is 3.97. The van der Waals surface area contributed by atoms with Crippen LogP contribution in [0.25, 0.3) is 0 Å². The lowest BCUT2D eigenvalue weighted by Gasteiger charge is -2.25. The molecule has 0 aromatic carbocycles. The maximum Gasteiger partial charge on any atom is 0.311 e. The third kappa shape index (κ3) is 2.46. The average molecular weight is 273 g/mol. The van der Waals surface area contributed by atoms with E-state index in [1.54, 1.807) is 12.1 Å². The Morgan fingerprint density at radius 1 is 1.60 bits per heavy atom. The zero-order chi connectivity index (χ0) is 14.8. The van der Waals surface area contributed by atoms with Crippen LogP contribution in [0.4, 0.5) is 5.82 Å². The number of rotatable bonds is 4. The quantitative estimate of drug-likeness (QED) is 0.911. The number of hydrogen-bond donors (Lipinski definition) is 1. The number of aryl methyl sites for hydroxylation is 1. The van der Waals surface area contributed by atoms with E-state index < -0.39 is 11.4 Å². The summed E-state index contributed by atoms with van der Waals surface area (Å²) in [6.45, 7) is 4.94. The number of nitrogens with zero attached hydrogens (tertiary/aromatic N) is 3. The minimum atomic E-state index is -0.743.